The van der Waals surface area contributed by atoms with Gasteiger partial charge in [-0.3, -0.25) is 9.48 Å². The smallest absolute Gasteiger partial charge is 0.178 e. The third-order valence-electron chi connectivity index (χ3n) is 6.95. The normalized spacial score (nSPS) is 25.5. The van der Waals surface area contributed by atoms with E-state index in [0.717, 1.165) is 25.0 Å². The molecular weight excluding hydrogens is 346 g/mol. The quantitative estimate of drug-likeness (QED) is 0.793. The SMILES string of the molecule is Cc1ccc(Cc2c3c(nn2C)C2(C)C=C(C#N)C(=O)C(C)(C)C2CC3)cc1. The fourth-order valence-electron chi connectivity index (χ4n) is 5.41. The number of carbonyl (C=O) groups excluding carboxylic acids is 1. The lowest BCUT2D eigenvalue weighted by Gasteiger charge is -2.49. The van der Waals surface area contributed by atoms with E-state index in [4.69, 9.17) is 5.10 Å². The molecule has 1 aromatic heterocycles. The van der Waals surface area contributed by atoms with Crippen LogP contribution >= 0.6 is 0 Å². The third-order valence-corrected chi connectivity index (χ3v) is 6.95. The summed E-state index contributed by atoms with van der Waals surface area (Å²) in [5.41, 5.74) is 5.44. The van der Waals surface area contributed by atoms with Crippen molar-refractivity contribution in [3.63, 3.8) is 0 Å². The monoisotopic (exact) mass is 373 g/mol. The van der Waals surface area contributed by atoms with E-state index in [0.29, 0.717) is 0 Å². The molecule has 2 unspecified atom stereocenters. The molecule has 28 heavy (non-hydrogen) atoms. The zero-order chi connectivity index (χ0) is 20.3. The van der Waals surface area contributed by atoms with Crippen LogP contribution in [0.3, 0.4) is 0 Å². The summed E-state index contributed by atoms with van der Waals surface area (Å²) >= 11 is 0. The molecule has 1 heterocycles. The number of rotatable bonds is 2. The van der Waals surface area contributed by atoms with Crippen molar-refractivity contribution in [2.24, 2.45) is 18.4 Å². The van der Waals surface area contributed by atoms with Gasteiger partial charge in [-0.05, 0) is 36.8 Å². The van der Waals surface area contributed by atoms with Crippen molar-refractivity contribution in [3.8, 4) is 6.07 Å². The highest BCUT2D eigenvalue weighted by Crippen LogP contribution is 2.54. The zero-order valence-electron chi connectivity index (χ0n) is 17.3. The number of aromatic nitrogens is 2. The summed E-state index contributed by atoms with van der Waals surface area (Å²) in [4.78, 5) is 12.8. The molecule has 0 spiro atoms. The van der Waals surface area contributed by atoms with Gasteiger partial charge in [0.15, 0.2) is 5.78 Å². The molecule has 4 heteroatoms. The Labute approximate surface area is 166 Å². The van der Waals surface area contributed by atoms with Crippen LogP contribution in [0.25, 0.3) is 0 Å². The van der Waals surface area contributed by atoms with E-state index in [9.17, 15) is 10.1 Å². The van der Waals surface area contributed by atoms with Gasteiger partial charge in [-0.2, -0.15) is 10.4 Å². The maximum Gasteiger partial charge on any atom is 0.178 e. The number of allylic oxidation sites excluding steroid dienone is 2. The van der Waals surface area contributed by atoms with E-state index in [1.165, 1.54) is 22.4 Å². The molecule has 4 nitrogen and oxygen atoms in total. The molecule has 144 valence electrons. The van der Waals surface area contributed by atoms with Crippen molar-refractivity contribution >= 4 is 5.78 Å². The lowest BCUT2D eigenvalue weighted by molar-refractivity contribution is -0.128. The number of nitriles is 1. The molecule has 0 saturated carbocycles. The fraction of sp³-hybridized carbons (Fsp3) is 0.458. The van der Waals surface area contributed by atoms with E-state index in [-0.39, 0.29) is 22.7 Å². The van der Waals surface area contributed by atoms with Gasteiger partial charge in [0.1, 0.15) is 6.07 Å². The fourth-order valence-corrected chi connectivity index (χ4v) is 5.41. The molecule has 0 amide bonds. The standard InChI is InChI=1S/C24H27N3O/c1-15-6-8-16(9-7-15)12-19-18-10-11-20-23(2,3)22(28)17(14-25)13-24(20,4)21(18)26-27(19)5/h6-9,13,20H,10-12H2,1-5H3. The predicted octanol–water partition coefficient (Wildman–Crippen LogP) is 4.20. The minimum atomic E-state index is -0.555. The largest absolute Gasteiger partial charge is 0.293 e. The summed E-state index contributed by atoms with van der Waals surface area (Å²) < 4.78 is 2.00. The van der Waals surface area contributed by atoms with Crippen molar-refractivity contribution in [1.82, 2.24) is 9.78 Å². The van der Waals surface area contributed by atoms with E-state index in [1.54, 1.807) is 0 Å². The molecule has 1 aromatic carbocycles. The van der Waals surface area contributed by atoms with Crippen molar-refractivity contribution in [3.05, 3.63) is 64.0 Å². The molecule has 2 aromatic rings. The Hall–Kier alpha value is -2.67. The molecule has 0 N–H and O–H groups in total. The van der Waals surface area contributed by atoms with Crippen LogP contribution in [0.15, 0.2) is 35.9 Å². The zero-order valence-corrected chi connectivity index (χ0v) is 17.3. The van der Waals surface area contributed by atoms with Gasteiger partial charge >= 0.3 is 0 Å². The summed E-state index contributed by atoms with van der Waals surface area (Å²) in [6.45, 7) is 8.24. The summed E-state index contributed by atoms with van der Waals surface area (Å²) in [6, 6.07) is 10.8. The van der Waals surface area contributed by atoms with Crippen LogP contribution in [-0.2, 0) is 30.1 Å². The van der Waals surface area contributed by atoms with Crippen LogP contribution in [0, 0.1) is 29.6 Å². The maximum absolute atomic E-state index is 12.8. The van der Waals surface area contributed by atoms with Gasteiger partial charge in [-0.25, -0.2) is 0 Å². The molecule has 0 radical (unpaired) electrons. The summed E-state index contributed by atoms with van der Waals surface area (Å²) in [7, 11) is 2.01. The maximum atomic E-state index is 12.8. The first kappa shape index (κ1) is 18.7. The number of ketones is 1. The highest BCUT2D eigenvalue weighted by Gasteiger charge is 2.55. The van der Waals surface area contributed by atoms with Gasteiger partial charge < -0.3 is 0 Å². The van der Waals surface area contributed by atoms with Gasteiger partial charge in [-0.1, -0.05) is 56.7 Å². The first-order chi connectivity index (χ1) is 13.2. The van der Waals surface area contributed by atoms with Gasteiger partial charge in [0.05, 0.1) is 11.3 Å². The first-order valence-corrected chi connectivity index (χ1v) is 9.97. The summed E-state index contributed by atoms with van der Waals surface area (Å²) in [6.07, 6.45) is 4.60. The van der Waals surface area contributed by atoms with Crippen LogP contribution in [0.1, 0.15) is 55.3 Å². The van der Waals surface area contributed by atoms with Crippen molar-refractivity contribution < 1.29 is 4.79 Å². The number of Topliss-reactive ketones (excluding diaryl/α,β-unsaturated/α-hetero) is 1. The molecule has 0 fully saturated rings. The molecule has 0 aliphatic heterocycles. The highest BCUT2D eigenvalue weighted by atomic mass is 16.1. The van der Waals surface area contributed by atoms with E-state index < -0.39 is 5.41 Å². The number of nitrogens with zero attached hydrogens (tertiary/aromatic N) is 3. The Balaban J connectivity index is 1.83. The second kappa shape index (κ2) is 6.17. The molecular formula is C24H27N3O. The summed E-state index contributed by atoms with van der Waals surface area (Å²) in [5.74, 6) is 0.121. The number of benzene rings is 1. The van der Waals surface area contributed by atoms with Gasteiger partial charge in [0.2, 0.25) is 0 Å². The predicted molar refractivity (Wildman–Crippen MR) is 109 cm³/mol. The minimum Gasteiger partial charge on any atom is -0.293 e. The lowest BCUT2D eigenvalue weighted by Crippen LogP contribution is -2.51. The molecule has 0 bridgehead atoms. The Morgan fingerprint density at radius 2 is 1.93 bits per heavy atom. The Kier molecular flexibility index (Phi) is 4.12. The van der Waals surface area contributed by atoms with Crippen LogP contribution in [0.4, 0.5) is 0 Å². The number of carbonyl (C=O) groups is 1. The van der Waals surface area contributed by atoms with E-state index >= 15 is 0 Å². The molecule has 2 aliphatic carbocycles. The van der Waals surface area contributed by atoms with Gasteiger partial charge in [0.25, 0.3) is 0 Å². The Bertz CT molecular complexity index is 1030. The number of hydrogen-bond donors (Lipinski definition) is 0. The second-order valence-corrected chi connectivity index (χ2v) is 9.15. The van der Waals surface area contributed by atoms with E-state index in [1.807, 2.05) is 31.7 Å². The molecule has 2 aliphatic rings. The number of aryl methyl sites for hydroxylation is 2. The number of hydrogen-bond acceptors (Lipinski definition) is 3. The number of fused-ring (bicyclic) bond motifs is 3. The summed E-state index contributed by atoms with van der Waals surface area (Å²) in [5, 5.41) is 14.5. The highest BCUT2D eigenvalue weighted by molar-refractivity contribution is 6.04. The Morgan fingerprint density at radius 1 is 1.25 bits per heavy atom. The van der Waals surface area contributed by atoms with E-state index in [2.05, 4.69) is 44.2 Å². The topological polar surface area (TPSA) is 58.7 Å². The molecule has 2 atom stereocenters. The van der Waals surface area contributed by atoms with Crippen molar-refractivity contribution in [2.45, 2.75) is 52.4 Å². The second-order valence-electron chi connectivity index (χ2n) is 9.15. The van der Waals surface area contributed by atoms with Crippen LogP contribution in [0.5, 0.6) is 0 Å². The average molecular weight is 374 g/mol. The van der Waals surface area contributed by atoms with Gasteiger partial charge in [0, 0.05) is 30.0 Å². The third kappa shape index (κ3) is 2.57. The van der Waals surface area contributed by atoms with Crippen LogP contribution < -0.4 is 0 Å². The van der Waals surface area contributed by atoms with Crippen LogP contribution in [-0.4, -0.2) is 15.6 Å². The first-order valence-electron chi connectivity index (χ1n) is 9.97. The van der Waals surface area contributed by atoms with Crippen molar-refractivity contribution in [2.75, 3.05) is 0 Å². The van der Waals surface area contributed by atoms with Crippen LogP contribution in [0.2, 0.25) is 0 Å². The lowest BCUT2D eigenvalue weighted by atomic mass is 9.52. The Morgan fingerprint density at radius 3 is 2.57 bits per heavy atom. The minimum absolute atomic E-state index is 0.0308. The molecule has 0 saturated heterocycles. The van der Waals surface area contributed by atoms with Gasteiger partial charge in [-0.15, -0.1) is 0 Å². The molecule has 4 rings (SSSR count). The van der Waals surface area contributed by atoms with Crippen molar-refractivity contribution in [1.29, 1.82) is 5.26 Å². The average Bonchev–Trinajstić information content (AvgIpc) is 2.97.